The van der Waals surface area contributed by atoms with Crippen molar-refractivity contribution in [3.05, 3.63) is 0 Å². The zero-order valence-electron chi connectivity index (χ0n) is 21.5. The first-order valence-electron chi connectivity index (χ1n) is 13.5. The van der Waals surface area contributed by atoms with Gasteiger partial charge in [-0.15, -0.1) is 0 Å². The third-order valence-electron chi connectivity index (χ3n) is 9.81. The van der Waals surface area contributed by atoms with Gasteiger partial charge in [-0.1, -0.05) is 40.0 Å². The molecule has 0 aromatic rings. The second kappa shape index (κ2) is 11.7. The van der Waals surface area contributed by atoms with Crippen LogP contribution in [0.2, 0.25) is 0 Å². The second-order valence-electron chi connectivity index (χ2n) is 11.7. The first-order valence-corrected chi connectivity index (χ1v) is 15.0. The largest absolute Gasteiger partial charge is 0.469 e. The van der Waals surface area contributed by atoms with Crippen LogP contribution in [-0.4, -0.2) is 40.2 Å². The van der Waals surface area contributed by atoms with Gasteiger partial charge >= 0.3 is 13.8 Å². The van der Waals surface area contributed by atoms with E-state index in [1.54, 1.807) is 0 Å². The number of phosphoric ester groups is 1. The van der Waals surface area contributed by atoms with E-state index in [4.69, 9.17) is 9.26 Å². The van der Waals surface area contributed by atoms with Gasteiger partial charge in [-0.3, -0.25) is 9.32 Å². The lowest BCUT2D eigenvalue weighted by Gasteiger charge is -2.52. The van der Waals surface area contributed by atoms with Crippen LogP contribution in [0.4, 0.5) is 0 Å². The van der Waals surface area contributed by atoms with Crippen molar-refractivity contribution >= 4 is 13.8 Å². The van der Waals surface area contributed by atoms with Gasteiger partial charge in [0.2, 0.25) is 0 Å². The molecule has 0 heterocycles. The Morgan fingerprint density at radius 3 is 2.53 bits per heavy atom. The number of carbonyl (C=O) groups is 1. The van der Waals surface area contributed by atoms with E-state index in [-0.39, 0.29) is 29.3 Å². The third kappa shape index (κ3) is 6.64. The lowest BCUT2D eigenvalue weighted by atomic mass is 9.54. The Labute approximate surface area is 205 Å². The molecule has 0 saturated heterocycles. The molecule has 0 amide bonds. The van der Waals surface area contributed by atoms with E-state index < -0.39 is 13.9 Å². The van der Waals surface area contributed by atoms with Crippen molar-refractivity contribution in [3.63, 3.8) is 0 Å². The molecule has 0 aliphatic heterocycles. The van der Waals surface area contributed by atoms with E-state index in [2.05, 4.69) is 20.8 Å². The highest BCUT2D eigenvalue weighted by molar-refractivity contribution is 7.46. The van der Waals surface area contributed by atoms with Crippen molar-refractivity contribution < 1.29 is 33.5 Å². The summed E-state index contributed by atoms with van der Waals surface area (Å²) in [4.78, 5) is 31.4. The Bertz CT molecular complexity index is 724. The van der Waals surface area contributed by atoms with Crippen LogP contribution in [-0.2, 0) is 18.6 Å². The summed E-state index contributed by atoms with van der Waals surface area (Å²) >= 11 is 0. The zero-order valence-corrected chi connectivity index (χ0v) is 22.4. The first-order chi connectivity index (χ1) is 16.0. The normalized spacial score (nSPS) is 38.2. The van der Waals surface area contributed by atoms with E-state index in [1.165, 1.54) is 7.11 Å². The number of rotatable bonds is 10. The van der Waals surface area contributed by atoms with Crippen molar-refractivity contribution in [1.29, 1.82) is 0 Å². The number of phosphoric acid groups is 1. The smallest absolute Gasteiger partial charge is 0.469 e. The molecule has 3 aliphatic rings. The van der Waals surface area contributed by atoms with Crippen molar-refractivity contribution in [2.24, 2.45) is 40.9 Å². The van der Waals surface area contributed by atoms with Crippen LogP contribution >= 0.6 is 7.82 Å². The number of ether oxygens (including phenoxy) is 1. The number of carbonyl (C=O) groups excluding carboxylic acids is 1. The molecule has 8 heteroatoms. The van der Waals surface area contributed by atoms with Crippen molar-refractivity contribution in [2.45, 2.75) is 110 Å². The molecule has 0 aromatic carbocycles. The maximum Gasteiger partial charge on any atom is 0.469 e. The highest BCUT2D eigenvalue weighted by Gasteiger charge is 2.57. The fraction of sp³-hybridized carbons (Fsp3) is 0.962. The molecule has 3 N–H and O–H groups in total. The van der Waals surface area contributed by atoms with Crippen LogP contribution in [0, 0.1) is 40.9 Å². The van der Waals surface area contributed by atoms with Crippen molar-refractivity contribution in [2.75, 3.05) is 7.11 Å². The maximum absolute atomic E-state index is 12.1. The monoisotopic (exact) mass is 502 g/mol. The highest BCUT2D eigenvalue weighted by Crippen LogP contribution is 2.63. The van der Waals surface area contributed by atoms with Gasteiger partial charge in [-0.25, -0.2) is 4.57 Å². The number of aliphatic hydroxyl groups excluding tert-OH is 1. The van der Waals surface area contributed by atoms with Gasteiger partial charge in [0.15, 0.2) is 0 Å². The standard InChI is InChI=1S/C26H47O7P/c1-5-19-13-14-26(3)21(17(2)9-12-24(28)32-4)10-11-22(26)25(19)23(33-34(29,30)31)16-18-7-6-8-20(27)15-18/h17-23,25,27H,5-16H2,1-4H3,(H2,29,30,31)/t17-,18?,19+,20-,21-,22+,23-,25-,26?/m1/s1. The second-order valence-corrected chi connectivity index (χ2v) is 12.9. The van der Waals surface area contributed by atoms with Gasteiger partial charge in [-0.2, -0.15) is 0 Å². The number of hydrogen-bond donors (Lipinski definition) is 3. The fourth-order valence-corrected chi connectivity index (χ4v) is 8.77. The third-order valence-corrected chi connectivity index (χ3v) is 10.4. The maximum atomic E-state index is 12.1. The van der Waals surface area contributed by atoms with Crippen LogP contribution in [0.5, 0.6) is 0 Å². The lowest BCUT2D eigenvalue weighted by Crippen LogP contribution is -2.48. The molecule has 34 heavy (non-hydrogen) atoms. The lowest BCUT2D eigenvalue weighted by molar-refractivity contribution is -0.141. The molecule has 9 atom stereocenters. The Morgan fingerprint density at radius 2 is 1.91 bits per heavy atom. The Balaban J connectivity index is 1.84. The van der Waals surface area contributed by atoms with Gasteiger partial charge < -0.3 is 19.6 Å². The predicted octanol–water partition coefficient (Wildman–Crippen LogP) is 5.46. The Morgan fingerprint density at radius 1 is 1.18 bits per heavy atom. The summed E-state index contributed by atoms with van der Waals surface area (Å²) in [5.41, 5.74) is 0.0778. The first kappa shape index (κ1) is 28.1. The van der Waals surface area contributed by atoms with E-state index >= 15 is 0 Å². The van der Waals surface area contributed by atoms with Gasteiger partial charge in [0.25, 0.3) is 0 Å². The predicted molar refractivity (Wildman–Crippen MR) is 131 cm³/mol. The molecule has 7 nitrogen and oxygen atoms in total. The summed E-state index contributed by atoms with van der Waals surface area (Å²) in [6, 6.07) is 0. The number of methoxy groups -OCH3 is 1. The van der Waals surface area contributed by atoms with Crippen molar-refractivity contribution in [1.82, 2.24) is 0 Å². The van der Waals surface area contributed by atoms with Crippen LogP contribution in [0.1, 0.15) is 97.8 Å². The van der Waals surface area contributed by atoms with E-state index in [9.17, 15) is 24.3 Å². The number of esters is 1. The molecule has 0 spiro atoms. The summed E-state index contributed by atoms with van der Waals surface area (Å²) in [5.74, 6) is 1.78. The molecule has 3 fully saturated rings. The van der Waals surface area contributed by atoms with Crippen LogP contribution in [0.3, 0.4) is 0 Å². The number of aliphatic hydroxyl groups is 1. The minimum atomic E-state index is -4.64. The summed E-state index contributed by atoms with van der Waals surface area (Å²) in [5, 5.41) is 10.2. The Hall–Kier alpha value is -0.460. The van der Waals surface area contributed by atoms with E-state index in [0.717, 1.165) is 57.8 Å². The minimum Gasteiger partial charge on any atom is -0.469 e. The molecule has 0 bridgehead atoms. The number of fused-ring (bicyclic) bond motifs is 1. The fourth-order valence-electron chi connectivity index (χ4n) is 8.19. The zero-order chi connectivity index (χ0) is 25.1. The number of hydrogen-bond acceptors (Lipinski definition) is 5. The average molecular weight is 503 g/mol. The van der Waals surface area contributed by atoms with Gasteiger partial charge in [-0.05, 0) is 92.3 Å². The quantitative estimate of drug-likeness (QED) is 0.268. The molecule has 3 rings (SSSR count). The molecular formula is C26H47O7P. The highest BCUT2D eigenvalue weighted by atomic mass is 31.2. The van der Waals surface area contributed by atoms with E-state index in [0.29, 0.717) is 42.9 Å². The minimum absolute atomic E-state index is 0.0778. The van der Waals surface area contributed by atoms with Gasteiger partial charge in [0, 0.05) is 6.42 Å². The van der Waals surface area contributed by atoms with Crippen LogP contribution in [0.25, 0.3) is 0 Å². The molecule has 2 unspecified atom stereocenters. The van der Waals surface area contributed by atoms with Gasteiger partial charge in [0.1, 0.15) is 0 Å². The summed E-state index contributed by atoms with van der Waals surface area (Å²) in [7, 11) is -3.21. The van der Waals surface area contributed by atoms with Crippen LogP contribution < -0.4 is 0 Å². The SMILES string of the molecule is CC[C@H]1CCC2(C)[C@@H]([C@H](C)CCC(=O)OC)CC[C@H]2[C@@H]1[C@@H](CC1CCC[C@@H](O)C1)OP(=O)(O)O. The summed E-state index contributed by atoms with van der Waals surface area (Å²) < 4.78 is 22.6. The van der Waals surface area contributed by atoms with Crippen LogP contribution in [0.15, 0.2) is 0 Å². The average Bonchev–Trinajstić information content (AvgIpc) is 3.12. The molecule has 3 saturated carbocycles. The summed E-state index contributed by atoms with van der Waals surface area (Å²) in [6.45, 7) is 6.81. The summed E-state index contributed by atoms with van der Waals surface area (Å²) in [6.07, 6.45) is 9.75. The Kier molecular flexibility index (Phi) is 9.70. The van der Waals surface area contributed by atoms with Gasteiger partial charge in [0.05, 0.1) is 19.3 Å². The molecular weight excluding hydrogens is 455 g/mol. The molecule has 198 valence electrons. The molecule has 3 aliphatic carbocycles. The molecule has 0 aromatic heterocycles. The molecule has 0 radical (unpaired) electrons. The topological polar surface area (TPSA) is 113 Å². The van der Waals surface area contributed by atoms with Crippen molar-refractivity contribution in [3.8, 4) is 0 Å². The van der Waals surface area contributed by atoms with E-state index in [1.807, 2.05) is 0 Å².